The molecule has 48 heavy (non-hydrogen) atoms. The summed E-state index contributed by atoms with van der Waals surface area (Å²) in [7, 11) is -4.42. The van der Waals surface area contributed by atoms with Crippen molar-refractivity contribution < 1.29 is 4.57 Å². The molecule has 0 radical (unpaired) electrons. The van der Waals surface area contributed by atoms with Gasteiger partial charge in [0, 0.05) is 28.9 Å². The van der Waals surface area contributed by atoms with E-state index in [4.69, 9.17) is 0 Å². The Bertz CT molecular complexity index is 2010. The van der Waals surface area contributed by atoms with Crippen molar-refractivity contribution in [2.24, 2.45) is 0 Å². The first-order valence-corrected chi connectivity index (χ1v) is 21.6. The summed E-state index contributed by atoms with van der Waals surface area (Å²) in [6.07, 6.45) is 4.04. The second-order valence-electron chi connectivity index (χ2n) is 13.3. The van der Waals surface area contributed by atoms with Gasteiger partial charge in [0.2, 0.25) is 7.29 Å². The summed E-state index contributed by atoms with van der Waals surface area (Å²) in [5.41, 5.74) is 6.24. The highest BCUT2D eigenvalue weighted by Crippen LogP contribution is 2.59. The van der Waals surface area contributed by atoms with Crippen LogP contribution in [0, 0.1) is 0 Å². The minimum absolute atomic E-state index is 0.176. The molecule has 5 heteroatoms. The SMILES string of the molecule is O=P(c1ccccc1)(c1ccccc1)N1C[C@@H](P2c3ccccc3Cc3ccccc32)C[C@H]1CP1c2ccccc2Cc2ccccc21. The van der Waals surface area contributed by atoms with Crippen molar-refractivity contribution in [2.75, 3.05) is 12.7 Å². The number of nitrogens with zero attached hydrogens (tertiary/aromatic N) is 1. The molecule has 0 unspecified atom stereocenters. The molecule has 1 saturated heterocycles. The van der Waals surface area contributed by atoms with Crippen LogP contribution in [-0.4, -0.2) is 29.1 Å². The van der Waals surface area contributed by atoms with Gasteiger partial charge in [0.05, 0.1) is 0 Å². The lowest BCUT2D eigenvalue weighted by molar-refractivity contribution is 0.422. The molecule has 0 spiro atoms. The summed E-state index contributed by atoms with van der Waals surface area (Å²) in [5, 5.41) is 7.92. The summed E-state index contributed by atoms with van der Waals surface area (Å²) in [6.45, 7) is 0.826. The lowest BCUT2D eigenvalue weighted by Gasteiger charge is -2.37. The molecular formula is C43H38NOP3. The van der Waals surface area contributed by atoms with Crippen molar-refractivity contribution in [3.8, 4) is 0 Å². The normalized spacial score (nSPS) is 19.2. The van der Waals surface area contributed by atoms with E-state index < -0.39 is 23.1 Å². The Morgan fingerprint density at radius 2 is 0.917 bits per heavy atom. The van der Waals surface area contributed by atoms with E-state index in [1.54, 1.807) is 0 Å². The predicted molar refractivity (Wildman–Crippen MR) is 207 cm³/mol. The van der Waals surface area contributed by atoms with Crippen LogP contribution in [0.25, 0.3) is 0 Å². The maximum atomic E-state index is 16.2. The highest BCUT2D eigenvalue weighted by atomic mass is 31.2. The van der Waals surface area contributed by atoms with Gasteiger partial charge < -0.3 is 0 Å². The fraction of sp³-hybridized carbons (Fsp3) is 0.163. The van der Waals surface area contributed by atoms with E-state index in [9.17, 15) is 0 Å². The molecule has 0 amide bonds. The number of benzene rings is 6. The van der Waals surface area contributed by atoms with Crippen LogP contribution in [-0.2, 0) is 17.4 Å². The number of rotatable bonds is 6. The third-order valence-corrected chi connectivity index (χ3v) is 19.6. The molecular weight excluding hydrogens is 639 g/mol. The number of hydrogen-bond donors (Lipinski definition) is 0. The Hall–Kier alpha value is -3.63. The smallest absolute Gasteiger partial charge is 0.207 e. The van der Waals surface area contributed by atoms with E-state index in [1.165, 1.54) is 43.5 Å². The van der Waals surface area contributed by atoms with Gasteiger partial charge in [-0.15, -0.1) is 0 Å². The second-order valence-corrected chi connectivity index (χ2v) is 20.6. The Morgan fingerprint density at radius 3 is 1.40 bits per heavy atom. The maximum Gasteiger partial charge on any atom is 0.207 e. The average Bonchev–Trinajstić information content (AvgIpc) is 3.57. The van der Waals surface area contributed by atoms with Crippen LogP contribution in [0.1, 0.15) is 28.7 Å². The number of hydrogen-bond acceptors (Lipinski definition) is 1. The molecule has 3 aliphatic heterocycles. The molecule has 6 aromatic carbocycles. The monoisotopic (exact) mass is 677 g/mol. The van der Waals surface area contributed by atoms with Crippen LogP contribution < -0.4 is 31.8 Å². The molecule has 9 rings (SSSR count). The minimum atomic E-state index is -3.17. The Morgan fingerprint density at radius 1 is 0.521 bits per heavy atom. The molecule has 3 aliphatic rings. The molecule has 3 heterocycles. The molecule has 0 bridgehead atoms. The zero-order chi connectivity index (χ0) is 32.1. The molecule has 2 atom stereocenters. The summed E-state index contributed by atoms with van der Waals surface area (Å²) in [4.78, 5) is 0. The molecule has 236 valence electrons. The summed E-state index contributed by atoms with van der Waals surface area (Å²) in [6, 6.07) is 57.4. The van der Waals surface area contributed by atoms with E-state index >= 15 is 4.57 Å². The molecule has 2 nitrogen and oxygen atoms in total. The standard InChI is InChI=1S/C43H38NOP3/c45-48(38-19-3-1-4-20-38,39-21-5-2-6-22-39)44-30-37(47-42-25-13-9-17-34(42)28-35-18-10-14-26-43(35)47)29-36(44)31-46-40-23-11-7-15-32(40)27-33-16-8-12-24-41(33)46/h1-26,36-37H,27-31H2/t36-,37-/m0/s1. The molecule has 0 saturated carbocycles. The molecule has 6 aromatic rings. The van der Waals surface area contributed by atoms with Crippen molar-refractivity contribution in [3.63, 3.8) is 0 Å². The van der Waals surface area contributed by atoms with Gasteiger partial charge in [-0.1, -0.05) is 133 Å². The van der Waals surface area contributed by atoms with E-state index in [1.807, 2.05) is 12.1 Å². The van der Waals surface area contributed by atoms with E-state index in [0.29, 0.717) is 5.66 Å². The topological polar surface area (TPSA) is 20.3 Å². The second kappa shape index (κ2) is 12.7. The fourth-order valence-corrected chi connectivity index (χ4v) is 18.0. The molecule has 0 aliphatic carbocycles. The quantitative estimate of drug-likeness (QED) is 0.171. The van der Waals surface area contributed by atoms with Crippen molar-refractivity contribution >= 4 is 55.0 Å². The summed E-state index contributed by atoms with van der Waals surface area (Å²) >= 11 is 0. The van der Waals surface area contributed by atoms with Gasteiger partial charge in [-0.3, -0.25) is 4.57 Å². The van der Waals surface area contributed by atoms with Crippen molar-refractivity contribution in [3.05, 3.63) is 180 Å². The fourth-order valence-electron chi connectivity index (χ4n) is 8.39. The number of fused-ring (bicyclic) bond motifs is 4. The first kappa shape index (κ1) is 30.4. The zero-order valence-corrected chi connectivity index (χ0v) is 29.6. The van der Waals surface area contributed by atoms with Crippen molar-refractivity contribution in [1.82, 2.24) is 4.67 Å². The average molecular weight is 678 g/mol. The van der Waals surface area contributed by atoms with Crippen LogP contribution in [0.2, 0.25) is 0 Å². The lowest BCUT2D eigenvalue weighted by Crippen LogP contribution is -2.39. The summed E-state index contributed by atoms with van der Waals surface area (Å²) < 4.78 is 18.7. The van der Waals surface area contributed by atoms with Gasteiger partial charge in [0.25, 0.3) is 0 Å². The van der Waals surface area contributed by atoms with Crippen LogP contribution >= 0.6 is 23.1 Å². The largest absolute Gasteiger partial charge is 0.296 e. The third-order valence-electron chi connectivity index (χ3n) is 10.5. The van der Waals surface area contributed by atoms with E-state index in [-0.39, 0.29) is 6.04 Å². The predicted octanol–water partition coefficient (Wildman–Crippen LogP) is 7.43. The van der Waals surface area contributed by atoms with Crippen molar-refractivity contribution in [2.45, 2.75) is 31.0 Å². The van der Waals surface area contributed by atoms with Crippen LogP contribution in [0.3, 0.4) is 0 Å². The molecule has 1 fully saturated rings. The van der Waals surface area contributed by atoms with Crippen molar-refractivity contribution in [1.29, 1.82) is 0 Å². The van der Waals surface area contributed by atoms with Gasteiger partial charge in [0.1, 0.15) is 0 Å². The Balaban J connectivity index is 1.21. The highest BCUT2D eigenvalue weighted by Gasteiger charge is 2.49. The minimum Gasteiger partial charge on any atom is -0.296 e. The lowest BCUT2D eigenvalue weighted by atomic mass is 10.0. The Kier molecular flexibility index (Phi) is 8.04. The Labute approximate surface area is 286 Å². The highest BCUT2D eigenvalue weighted by molar-refractivity contribution is 7.77. The molecule has 0 N–H and O–H groups in total. The van der Waals surface area contributed by atoms with Gasteiger partial charge in [0.15, 0.2) is 0 Å². The first-order valence-electron chi connectivity index (χ1n) is 17.1. The van der Waals surface area contributed by atoms with Crippen LogP contribution in [0.15, 0.2) is 158 Å². The van der Waals surface area contributed by atoms with Gasteiger partial charge >= 0.3 is 0 Å². The van der Waals surface area contributed by atoms with E-state index in [0.717, 1.165) is 42.6 Å². The summed E-state index contributed by atoms with van der Waals surface area (Å²) in [5.74, 6) is 0. The maximum absolute atomic E-state index is 16.2. The van der Waals surface area contributed by atoms with Gasteiger partial charge in [-0.05, 0) is 109 Å². The van der Waals surface area contributed by atoms with Gasteiger partial charge in [-0.25, -0.2) is 4.67 Å². The van der Waals surface area contributed by atoms with Crippen LogP contribution in [0.4, 0.5) is 0 Å². The third kappa shape index (κ3) is 5.18. The first-order chi connectivity index (χ1) is 23.7. The molecule has 0 aromatic heterocycles. The van der Waals surface area contributed by atoms with E-state index in [2.05, 4.69) is 150 Å². The van der Waals surface area contributed by atoms with Gasteiger partial charge in [-0.2, -0.15) is 0 Å². The van der Waals surface area contributed by atoms with Crippen LogP contribution in [0.5, 0.6) is 0 Å². The zero-order valence-electron chi connectivity index (χ0n) is 26.9.